The molecule has 7 heteroatoms. The highest BCUT2D eigenvalue weighted by molar-refractivity contribution is 9.10. The normalized spacial score (nSPS) is 10.9. The van der Waals surface area contributed by atoms with Gasteiger partial charge in [0.25, 0.3) is 0 Å². The third kappa shape index (κ3) is 3.45. The molecule has 0 saturated carbocycles. The zero-order chi connectivity index (χ0) is 13.8. The van der Waals surface area contributed by atoms with Gasteiger partial charge in [-0.25, -0.2) is 4.98 Å². The average Bonchev–Trinajstić information content (AvgIpc) is 2.79. The molecule has 0 aliphatic carbocycles. The first-order valence-electron chi connectivity index (χ1n) is 5.38. The van der Waals surface area contributed by atoms with Crippen LogP contribution >= 0.6 is 27.3 Å². The molecule has 19 heavy (non-hydrogen) atoms. The molecule has 0 atom stereocenters. The predicted octanol–water partition coefficient (Wildman–Crippen LogP) is 3.37. The number of aromatic hydroxyl groups is 1. The van der Waals surface area contributed by atoms with Gasteiger partial charge in [-0.3, -0.25) is 5.43 Å². The van der Waals surface area contributed by atoms with Crippen molar-refractivity contribution in [1.29, 1.82) is 0 Å². The predicted molar refractivity (Wildman–Crippen MR) is 80.4 cm³/mol. The van der Waals surface area contributed by atoms with Gasteiger partial charge >= 0.3 is 0 Å². The monoisotopic (exact) mass is 341 g/mol. The molecule has 1 aromatic heterocycles. The van der Waals surface area contributed by atoms with E-state index in [-0.39, 0.29) is 5.75 Å². The Morgan fingerprint density at radius 1 is 1.53 bits per heavy atom. The standard InChI is InChI=1S/C12H12BrN3O2S/c1-7-6-19-12(15-7)16-14-5-8-3-9(13)11(17)10(4-8)18-2/h3-6,17H,1-2H3,(H,15,16)/b14-5-. The lowest BCUT2D eigenvalue weighted by atomic mass is 10.2. The van der Waals surface area contributed by atoms with E-state index >= 15 is 0 Å². The summed E-state index contributed by atoms with van der Waals surface area (Å²) in [6, 6.07) is 3.44. The number of aromatic nitrogens is 1. The minimum absolute atomic E-state index is 0.0724. The number of thiazole rings is 1. The molecule has 0 bridgehead atoms. The Labute approximate surface area is 123 Å². The van der Waals surface area contributed by atoms with Crippen LogP contribution in [0.2, 0.25) is 0 Å². The summed E-state index contributed by atoms with van der Waals surface area (Å²) in [7, 11) is 1.50. The number of hydrogen-bond donors (Lipinski definition) is 2. The van der Waals surface area contributed by atoms with Gasteiger partial charge in [0, 0.05) is 5.38 Å². The molecule has 1 aromatic carbocycles. The molecule has 2 N–H and O–H groups in total. The van der Waals surface area contributed by atoms with E-state index in [0.29, 0.717) is 10.2 Å². The molecule has 0 radical (unpaired) electrons. The van der Waals surface area contributed by atoms with E-state index in [1.165, 1.54) is 18.4 Å². The Morgan fingerprint density at radius 2 is 2.32 bits per heavy atom. The van der Waals surface area contributed by atoms with Crippen molar-refractivity contribution in [1.82, 2.24) is 4.98 Å². The largest absolute Gasteiger partial charge is 0.503 e. The molecular formula is C12H12BrN3O2S. The summed E-state index contributed by atoms with van der Waals surface area (Å²) in [5.41, 5.74) is 4.59. The first-order chi connectivity index (χ1) is 9.10. The molecule has 0 unspecified atom stereocenters. The second-order valence-corrected chi connectivity index (χ2v) is 5.43. The Balaban J connectivity index is 2.12. The Hall–Kier alpha value is -1.60. The van der Waals surface area contributed by atoms with Crippen LogP contribution in [-0.2, 0) is 0 Å². The number of aryl methyl sites for hydroxylation is 1. The van der Waals surface area contributed by atoms with Crippen LogP contribution < -0.4 is 10.2 Å². The number of anilines is 1. The van der Waals surface area contributed by atoms with E-state index < -0.39 is 0 Å². The number of hydrazone groups is 1. The fourth-order valence-corrected chi connectivity index (χ4v) is 2.49. The van der Waals surface area contributed by atoms with Gasteiger partial charge in [0.15, 0.2) is 11.5 Å². The summed E-state index contributed by atoms with van der Waals surface area (Å²) >= 11 is 4.74. The zero-order valence-electron chi connectivity index (χ0n) is 10.3. The maximum atomic E-state index is 9.69. The zero-order valence-corrected chi connectivity index (χ0v) is 12.7. The minimum atomic E-state index is 0.0724. The van der Waals surface area contributed by atoms with Crippen LogP contribution in [0.1, 0.15) is 11.3 Å². The maximum absolute atomic E-state index is 9.69. The van der Waals surface area contributed by atoms with Gasteiger partial charge in [0.05, 0.1) is 23.5 Å². The fraction of sp³-hybridized carbons (Fsp3) is 0.167. The van der Waals surface area contributed by atoms with Crippen molar-refractivity contribution < 1.29 is 9.84 Å². The molecule has 0 aliphatic heterocycles. The average molecular weight is 342 g/mol. The number of phenols is 1. The van der Waals surface area contributed by atoms with Crippen LogP contribution in [0.3, 0.4) is 0 Å². The van der Waals surface area contributed by atoms with Crippen LogP contribution in [0.25, 0.3) is 0 Å². The van der Waals surface area contributed by atoms with Crippen molar-refractivity contribution in [2.24, 2.45) is 5.10 Å². The van der Waals surface area contributed by atoms with Crippen molar-refractivity contribution >= 4 is 38.6 Å². The van der Waals surface area contributed by atoms with Crippen molar-refractivity contribution in [3.05, 3.63) is 33.2 Å². The van der Waals surface area contributed by atoms with Crippen molar-refractivity contribution in [3.63, 3.8) is 0 Å². The number of nitrogens with zero attached hydrogens (tertiary/aromatic N) is 2. The lowest BCUT2D eigenvalue weighted by Crippen LogP contribution is -1.92. The second-order valence-electron chi connectivity index (χ2n) is 3.72. The number of halogens is 1. The quantitative estimate of drug-likeness (QED) is 0.660. The molecule has 1 heterocycles. The van der Waals surface area contributed by atoms with Crippen LogP contribution in [0, 0.1) is 6.92 Å². The van der Waals surface area contributed by atoms with Crippen molar-refractivity contribution in [2.75, 3.05) is 12.5 Å². The van der Waals surface area contributed by atoms with E-state index in [4.69, 9.17) is 4.74 Å². The first-order valence-corrected chi connectivity index (χ1v) is 7.05. The lowest BCUT2D eigenvalue weighted by molar-refractivity contribution is 0.372. The maximum Gasteiger partial charge on any atom is 0.203 e. The van der Waals surface area contributed by atoms with Gasteiger partial charge in [0.2, 0.25) is 5.13 Å². The topological polar surface area (TPSA) is 66.7 Å². The minimum Gasteiger partial charge on any atom is -0.503 e. The summed E-state index contributed by atoms with van der Waals surface area (Å²) in [6.45, 7) is 1.92. The summed E-state index contributed by atoms with van der Waals surface area (Å²) in [5, 5.41) is 16.5. The lowest BCUT2D eigenvalue weighted by Gasteiger charge is -2.06. The second kappa shape index (κ2) is 6.03. The number of methoxy groups -OCH3 is 1. The fourth-order valence-electron chi connectivity index (χ4n) is 1.39. The van der Waals surface area contributed by atoms with Crippen LogP contribution in [0.5, 0.6) is 11.5 Å². The van der Waals surface area contributed by atoms with Crippen molar-refractivity contribution in [2.45, 2.75) is 6.92 Å². The molecule has 0 saturated heterocycles. The van der Waals surface area contributed by atoms with E-state index in [1.54, 1.807) is 18.3 Å². The molecule has 0 amide bonds. The Kier molecular flexibility index (Phi) is 4.39. The summed E-state index contributed by atoms with van der Waals surface area (Å²) in [4.78, 5) is 4.23. The van der Waals surface area contributed by atoms with E-state index in [9.17, 15) is 5.11 Å². The third-order valence-corrected chi connectivity index (χ3v) is 3.73. The summed E-state index contributed by atoms with van der Waals surface area (Å²) in [6.07, 6.45) is 1.63. The van der Waals surface area contributed by atoms with Crippen LogP contribution in [-0.4, -0.2) is 23.4 Å². The molecule has 2 rings (SSSR count). The van der Waals surface area contributed by atoms with Crippen molar-refractivity contribution in [3.8, 4) is 11.5 Å². The third-order valence-electron chi connectivity index (χ3n) is 2.26. The molecule has 0 aliphatic rings. The number of benzene rings is 1. The molecule has 0 spiro atoms. The van der Waals surface area contributed by atoms with Gasteiger partial charge in [-0.05, 0) is 40.5 Å². The highest BCUT2D eigenvalue weighted by Crippen LogP contribution is 2.34. The van der Waals surface area contributed by atoms with E-state index in [0.717, 1.165) is 16.4 Å². The molecular weight excluding hydrogens is 330 g/mol. The van der Waals surface area contributed by atoms with Crippen LogP contribution in [0.4, 0.5) is 5.13 Å². The van der Waals surface area contributed by atoms with Gasteiger partial charge in [-0.15, -0.1) is 11.3 Å². The molecule has 5 nitrogen and oxygen atoms in total. The SMILES string of the molecule is COc1cc(/C=N\Nc2nc(C)cs2)cc(Br)c1O. The smallest absolute Gasteiger partial charge is 0.203 e. The first kappa shape index (κ1) is 13.8. The summed E-state index contributed by atoms with van der Waals surface area (Å²) < 4.78 is 5.62. The summed E-state index contributed by atoms with van der Waals surface area (Å²) in [5.74, 6) is 0.462. The number of nitrogens with one attached hydrogen (secondary N) is 1. The molecule has 100 valence electrons. The van der Waals surface area contributed by atoms with Gasteiger partial charge in [-0.1, -0.05) is 0 Å². The van der Waals surface area contributed by atoms with Gasteiger partial charge in [0.1, 0.15) is 0 Å². The highest BCUT2D eigenvalue weighted by Gasteiger charge is 2.07. The van der Waals surface area contributed by atoms with Gasteiger partial charge in [-0.2, -0.15) is 5.10 Å². The highest BCUT2D eigenvalue weighted by atomic mass is 79.9. The van der Waals surface area contributed by atoms with Crippen LogP contribution in [0.15, 0.2) is 27.1 Å². The number of phenolic OH excluding ortho intramolecular Hbond substituents is 1. The molecule has 2 aromatic rings. The number of rotatable bonds is 4. The number of hydrogen-bond acceptors (Lipinski definition) is 6. The van der Waals surface area contributed by atoms with E-state index in [1.807, 2.05) is 12.3 Å². The Bertz CT molecular complexity index is 613. The Morgan fingerprint density at radius 3 is 2.95 bits per heavy atom. The van der Waals surface area contributed by atoms with E-state index in [2.05, 4.69) is 31.4 Å². The van der Waals surface area contributed by atoms with Gasteiger partial charge < -0.3 is 9.84 Å². The molecule has 0 fully saturated rings. The number of ether oxygens (including phenoxy) is 1.